The summed E-state index contributed by atoms with van der Waals surface area (Å²) in [4.78, 5) is 19.8. The lowest BCUT2D eigenvalue weighted by Gasteiger charge is -2.05. The summed E-state index contributed by atoms with van der Waals surface area (Å²) in [6.07, 6.45) is 0. The second-order valence-electron chi connectivity index (χ2n) is 1.34. The average Bonchev–Trinajstić information content (AvgIpc) is 1.83. The zero-order chi connectivity index (χ0) is 6.31. The van der Waals surface area contributed by atoms with Crippen molar-refractivity contribution >= 4 is 0 Å². The van der Waals surface area contributed by atoms with Crippen molar-refractivity contribution in [3.63, 3.8) is 0 Å². The Labute approximate surface area is 43.3 Å². The van der Waals surface area contributed by atoms with E-state index in [0.717, 1.165) is 0 Å². The maximum absolute atomic E-state index is 9.91. The fourth-order valence-electron chi connectivity index (χ4n) is 0.359. The van der Waals surface area contributed by atoms with Crippen LogP contribution in [0, 0.1) is 0 Å². The maximum atomic E-state index is 9.91. The van der Waals surface area contributed by atoms with Gasteiger partial charge in [-0.1, -0.05) is 0 Å². The van der Waals surface area contributed by atoms with Gasteiger partial charge in [-0.05, 0) is 5.75 Å². The molecule has 0 unspecified atom stereocenters. The lowest BCUT2D eigenvalue weighted by molar-refractivity contribution is -0.273. The standard InChI is InChI=1S/C4H2O4/c5-1-2(6)4(8)3(1)7/h5-6H/p-1. The molecule has 0 fully saturated rings. The van der Waals surface area contributed by atoms with E-state index in [1.165, 1.54) is 0 Å². The quantitative estimate of drug-likeness (QED) is 0.397. The van der Waals surface area contributed by atoms with E-state index < -0.39 is 22.4 Å². The van der Waals surface area contributed by atoms with Crippen LogP contribution in [0.4, 0.5) is 0 Å². The SMILES string of the molecule is O=c1c([O-])c(O)c1=O. The molecule has 0 saturated carbocycles. The second kappa shape index (κ2) is 1.09. The van der Waals surface area contributed by atoms with Crippen LogP contribution < -0.4 is 16.0 Å². The third kappa shape index (κ3) is 0.294. The molecule has 0 spiro atoms. The van der Waals surface area contributed by atoms with Gasteiger partial charge in [-0.3, -0.25) is 9.59 Å². The van der Waals surface area contributed by atoms with Gasteiger partial charge in [0.25, 0.3) is 5.43 Å². The monoisotopic (exact) mass is 113 g/mol. The molecule has 0 aliphatic heterocycles. The molecule has 0 saturated heterocycles. The minimum absolute atomic E-state index is 0.935. The molecule has 4 heteroatoms. The first kappa shape index (κ1) is 4.83. The lowest BCUT2D eigenvalue weighted by atomic mass is 10.2. The van der Waals surface area contributed by atoms with Gasteiger partial charge in [0.2, 0.25) is 5.43 Å². The van der Waals surface area contributed by atoms with Crippen molar-refractivity contribution in [1.29, 1.82) is 0 Å². The molecular formula is C4HO4-. The molecule has 0 aliphatic carbocycles. The van der Waals surface area contributed by atoms with E-state index in [1.807, 2.05) is 0 Å². The Morgan fingerprint density at radius 2 is 1.75 bits per heavy atom. The molecule has 42 valence electrons. The van der Waals surface area contributed by atoms with E-state index in [4.69, 9.17) is 5.11 Å². The Hall–Kier alpha value is -1.32. The van der Waals surface area contributed by atoms with Crippen molar-refractivity contribution in [3.8, 4) is 11.5 Å². The van der Waals surface area contributed by atoms with Gasteiger partial charge in [0, 0.05) is 0 Å². The Morgan fingerprint density at radius 1 is 1.25 bits per heavy atom. The summed E-state index contributed by atoms with van der Waals surface area (Å²) in [5.41, 5.74) is -2.20. The Morgan fingerprint density at radius 3 is 1.88 bits per heavy atom. The van der Waals surface area contributed by atoms with Crippen molar-refractivity contribution in [2.45, 2.75) is 0 Å². The normalized spacial score (nSPS) is 10.0. The molecule has 0 bridgehead atoms. The molecule has 1 N–H and O–H groups in total. The van der Waals surface area contributed by atoms with Crippen LogP contribution in [0.3, 0.4) is 0 Å². The van der Waals surface area contributed by atoms with E-state index in [9.17, 15) is 14.7 Å². The molecule has 0 atom stereocenters. The molecule has 1 aromatic carbocycles. The number of hydrogen-bond acceptors (Lipinski definition) is 4. The van der Waals surface area contributed by atoms with Gasteiger partial charge in [0.1, 0.15) is 0 Å². The van der Waals surface area contributed by atoms with Gasteiger partial charge < -0.3 is 10.2 Å². The largest absolute Gasteiger partial charge is 0.867 e. The van der Waals surface area contributed by atoms with Crippen molar-refractivity contribution in [3.05, 3.63) is 20.4 Å². The highest BCUT2D eigenvalue weighted by Gasteiger charge is 2.09. The first-order valence-electron chi connectivity index (χ1n) is 1.84. The topological polar surface area (TPSA) is 77.4 Å². The van der Waals surface area contributed by atoms with Crippen LogP contribution in [0.2, 0.25) is 0 Å². The zero-order valence-corrected chi connectivity index (χ0v) is 3.67. The lowest BCUT2D eigenvalue weighted by Crippen LogP contribution is -2.33. The molecule has 8 heavy (non-hydrogen) atoms. The number of hydrogen-bond donors (Lipinski definition) is 1. The number of aromatic hydroxyl groups is 1. The van der Waals surface area contributed by atoms with Gasteiger partial charge in [-0.25, -0.2) is 0 Å². The zero-order valence-electron chi connectivity index (χ0n) is 3.67. The summed E-state index contributed by atoms with van der Waals surface area (Å²) in [6.45, 7) is 0. The Balaban J connectivity index is 3.48. The van der Waals surface area contributed by atoms with Gasteiger partial charge in [-0.2, -0.15) is 0 Å². The van der Waals surface area contributed by atoms with Crippen LogP contribution >= 0.6 is 0 Å². The maximum Gasteiger partial charge on any atom is 0.266 e. The number of rotatable bonds is 0. The first-order valence-corrected chi connectivity index (χ1v) is 1.84. The molecule has 0 heterocycles. The van der Waals surface area contributed by atoms with Crippen molar-refractivity contribution in [1.82, 2.24) is 0 Å². The summed E-state index contributed by atoms with van der Waals surface area (Å²) in [5.74, 6) is -2.01. The van der Waals surface area contributed by atoms with Gasteiger partial charge >= 0.3 is 0 Å². The highest BCUT2D eigenvalue weighted by molar-refractivity contribution is 5.41. The summed E-state index contributed by atoms with van der Waals surface area (Å²) in [5, 5.41) is 18.1. The predicted octanol–water partition coefficient (Wildman–Crippen LogP) is -1.94. The molecule has 0 amide bonds. The predicted molar refractivity (Wildman–Crippen MR) is 22.5 cm³/mol. The summed E-state index contributed by atoms with van der Waals surface area (Å²) in [6, 6.07) is 0. The summed E-state index contributed by atoms with van der Waals surface area (Å²) < 4.78 is 0. The van der Waals surface area contributed by atoms with Crippen molar-refractivity contribution in [2.24, 2.45) is 0 Å². The molecular weight excluding hydrogens is 112 g/mol. The summed E-state index contributed by atoms with van der Waals surface area (Å²) >= 11 is 0. The van der Waals surface area contributed by atoms with Gasteiger partial charge in [-0.15, -0.1) is 0 Å². The van der Waals surface area contributed by atoms with Crippen LogP contribution in [-0.2, 0) is 0 Å². The van der Waals surface area contributed by atoms with Crippen LogP contribution in [-0.4, -0.2) is 5.11 Å². The average molecular weight is 113 g/mol. The third-order valence-corrected chi connectivity index (χ3v) is 0.843. The molecule has 1 rings (SSSR count). The van der Waals surface area contributed by atoms with Crippen LogP contribution in [0.1, 0.15) is 0 Å². The van der Waals surface area contributed by atoms with Crippen LogP contribution in [0.15, 0.2) is 9.59 Å². The smallest absolute Gasteiger partial charge is 0.266 e. The highest BCUT2D eigenvalue weighted by atomic mass is 16.3. The van der Waals surface area contributed by atoms with Crippen LogP contribution in [0.5, 0.6) is 11.5 Å². The van der Waals surface area contributed by atoms with Gasteiger partial charge in [0.15, 0.2) is 5.75 Å². The van der Waals surface area contributed by atoms with Crippen molar-refractivity contribution in [2.75, 3.05) is 0 Å². The molecule has 4 nitrogen and oxygen atoms in total. The van der Waals surface area contributed by atoms with E-state index in [-0.39, 0.29) is 0 Å². The molecule has 0 aliphatic rings. The van der Waals surface area contributed by atoms with E-state index >= 15 is 0 Å². The van der Waals surface area contributed by atoms with E-state index in [2.05, 4.69) is 0 Å². The first-order chi connectivity index (χ1) is 3.64. The summed E-state index contributed by atoms with van der Waals surface area (Å²) in [7, 11) is 0. The third-order valence-electron chi connectivity index (χ3n) is 0.843. The van der Waals surface area contributed by atoms with Crippen LogP contribution in [0.25, 0.3) is 0 Å². The molecule has 1 aromatic rings. The Bertz CT molecular complexity index is 248. The second-order valence-corrected chi connectivity index (χ2v) is 1.34. The Kier molecular flexibility index (Phi) is 0.658. The minimum atomic E-state index is -1.12. The fraction of sp³-hybridized carbons (Fsp3) is 0. The fourth-order valence-corrected chi connectivity index (χ4v) is 0.359. The molecule has 0 aromatic heterocycles. The van der Waals surface area contributed by atoms with E-state index in [0.29, 0.717) is 0 Å². The highest BCUT2D eigenvalue weighted by Crippen LogP contribution is 2.09. The molecule has 0 radical (unpaired) electrons. The minimum Gasteiger partial charge on any atom is -0.867 e. The van der Waals surface area contributed by atoms with E-state index in [1.54, 1.807) is 0 Å². The van der Waals surface area contributed by atoms with Crippen molar-refractivity contribution < 1.29 is 10.2 Å². The van der Waals surface area contributed by atoms with Gasteiger partial charge in [0.05, 0.1) is 0 Å².